The summed E-state index contributed by atoms with van der Waals surface area (Å²) in [5.74, 6) is 0.929. The number of aryl methyl sites for hydroxylation is 2. The van der Waals surface area contributed by atoms with Crippen LogP contribution in [0.25, 0.3) is 33.6 Å². The summed E-state index contributed by atoms with van der Waals surface area (Å²) in [5.41, 5.74) is 6.78. The van der Waals surface area contributed by atoms with Crippen LogP contribution in [-0.2, 0) is 17.7 Å². The zero-order valence-electron chi connectivity index (χ0n) is 19.9. The van der Waals surface area contributed by atoms with Gasteiger partial charge in [0.05, 0.1) is 31.4 Å². The van der Waals surface area contributed by atoms with Gasteiger partial charge in [-0.2, -0.15) is 5.21 Å². The number of tetrazole rings is 1. The van der Waals surface area contributed by atoms with Crippen LogP contribution >= 0.6 is 28.3 Å². The molecule has 0 unspecified atom stereocenters. The second kappa shape index (κ2) is 10.6. The van der Waals surface area contributed by atoms with Crippen LogP contribution in [0.15, 0.2) is 51.7 Å². The van der Waals surface area contributed by atoms with Crippen LogP contribution in [0.5, 0.6) is 0 Å². The summed E-state index contributed by atoms with van der Waals surface area (Å²) in [4.78, 5) is 17.6. The summed E-state index contributed by atoms with van der Waals surface area (Å²) in [6.07, 6.45) is 4.04. The van der Waals surface area contributed by atoms with Crippen molar-refractivity contribution in [2.24, 2.45) is 0 Å². The Balaban J connectivity index is 0.00000304. The molecule has 3 heterocycles. The standard InChI is InChI=1S/C25H23BrN6O3.ClH/c1-4-20-27-14(3)23(25(33)35-5-2)32(20)12-18-15-10-11-34-13-19(15)22(26)21(18)16-8-6-7-9-17(16)24-28-30-31-29-24;/h6-11,13H,4-5,12H2,1-3H3,(H,28,29,30,31);1H. The number of halogens is 2. The van der Waals surface area contributed by atoms with E-state index in [9.17, 15) is 4.79 Å². The second-order valence-corrected chi connectivity index (χ2v) is 8.75. The SMILES string of the molecule is CCOC(=O)c1c(C)nc(CC)n1Cc1c2ccocc-2c(Br)c1-c1ccccc1-c1nn[nH]n1.Cl. The fraction of sp³-hybridized carbons (Fsp3) is 0.240. The fourth-order valence-electron chi connectivity index (χ4n) is 4.51. The number of esters is 1. The number of rotatable bonds is 7. The van der Waals surface area contributed by atoms with Crippen molar-refractivity contribution in [1.29, 1.82) is 0 Å². The summed E-state index contributed by atoms with van der Waals surface area (Å²) in [6, 6.07) is 9.84. The minimum atomic E-state index is -0.379. The first-order chi connectivity index (χ1) is 17.0. The van der Waals surface area contributed by atoms with Crippen molar-refractivity contribution in [2.75, 3.05) is 6.61 Å². The maximum Gasteiger partial charge on any atom is 0.356 e. The highest BCUT2D eigenvalue weighted by atomic mass is 79.9. The van der Waals surface area contributed by atoms with E-state index in [-0.39, 0.29) is 18.4 Å². The summed E-state index contributed by atoms with van der Waals surface area (Å²) in [5, 5.41) is 14.7. The van der Waals surface area contributed by atoms with Gasteiger partial charge < -0.3 is 13.7 Å². The average molecular weight is 572 g/mol. The highest BCUT2D eigenvalue weighted by Crippen LogP contribution is 2.48. The first-order valence-electron chi connectivity index (χ1n) is 11.3. The number of H-pyrrole nitrogens is 1. The van der Waals surface area contributed by atoms with Gasteiger partial charge in [-0.25, -0.2) is 9.78 Å². The van der Waals surface area contributed by atoms with E-state index < -0.39 is 0 Å². The van der Waals surface area contributed by atoms with Crippen molar-refractivity contribution in [1.82, 2.24) is 30.2 Å². The van der Waals surface area contributed by atoms with E-state index in [1.807, 2.05) is 48.7 Å². The van der Waals surface area contributed by atoms with Gasteiger partial charge in [-0.15, -0.1) is 22.6 Å². The van der Waals surface area contributed by atoms with Crippen LogP contribution in [0, 0.1) is 6.92 Å². The maximum absolute atomic E-state index is 12.9. The molecule has 9 nitrogen and oxygen atoms in total. The molecule has 0 spiro atoms. The number of carbonyl (C=O) groups excluding carboxylic acids is 1. The molecule has 0 bridgehead atoms. The van der Waals surface area contributed by atoms with Crippen molar-refractivity contribution >= 4 is 34.3 Å². The number of hydrogen-bond acceptors (Lipinski definition) is 7. The molecule has 0 saturated carbocycles. The smallest absolute Gasteiger partial charge is 0.356 e. The molecular weight excluding hydrogens is 548 g/mol. The van der Waals surface area contributed by atoms with Gasteiger partial charge in [0.1, 0.15) is 5.82 Å². The molecule has 1 aromatic carbocycles. The normalized spacial score (nSPS) is 11.0. The van der Waals surface area contributed by atoms with Gasteiger partial charge in [-0.05, 0) is 57.7 Å². The second-order valence-electron chi connectivity index (χ2n) is 7.95. The first-order valence-corrected chi connectivity index (χ1v) is 12.1. The molecule has 0 atom stereocenters. The van der Waals surface area contributed by atoms with Crippen LogP contribution in [0.2, 0.25) is 0 Å². The minimum absolute atomic E-state index is 0. The Morgan fingerprint density at radius 2 is 1.92 bits per heavy atom. The third kappa shape index (κ3) is 4.31. The van der Waals surface area contributed by atoms with Crippen LogP contribution in [0.4, 0.5) is 0 Å². The monoisotopic (exact) mass is 570 g/mol. The van der Waals surface area contributed by atoms with Gasteiger partial charge in [-0.3, -0.25) is 0 Å². The van der Waals surface area contributed by atoms with Gasteiger partial charge in [-0.1, -0.05) is 31.2 Å². The molecule has 1 N–H and O–H groups in total. The summed E-state index contributed by atoms with van der Waals surface area (Å²) < 4.78 is 13.7. The highest BCUT2D eigenvalue weighted by molar-refractivity contribution is 9.10. The van der Waals surface area contributed by atoms with E-state index in [1.165, 1.54) is 0 Å². The van der Waals surface area contributed by atoms with E-state index in [0.29, 0.717) is 36.8 Å². The molecule has 2 aliphatic rings. The molecular formula is C25H24BrClN6O3. The molecule has 0 fully saturated rings. The summed E-state index contributed by atoms with van der Waals surface area (Å²) in [7, 11) is 0. The number of aromatic amines is 1. The fourth-order valence-corrected chi connectivity index (χ4v) is 5.27. The Hall–Kier alpha value is -3.50. The number of ether oxygens (including phenoxy) is 1. The average Bonchev–Trinajstić information content (AvgIpc) is 3.57. The van der Waals surface area contributed by atoms with E-state index in [1.54, 1.807) is 19.5 Å². The third-order valence-electron chi connectivity index (χ3n) is 5.98. The molecule has 3 aromatic rings. The number of benzene rings is 1. The van der Waals surface area contributed by atoms with Gasteiger partial charge in [0.25, 0.3) is 0 Å². The van der Waals surface area contributed by atoms with Gasteiger partial charge in [0.15, 0.2) is 5.69 Å². The summed E-state index contributed by atoms with van der Waals surface area (Å²) >= 11 is 3.82. The highest BCUT2D eigenvalue weighted by Gasteiger charge is 2.29. The van der Waals surface area contributed by atoms with Crippen molar-refractivity contribution in [2.45, 2.75) is 33.7 Å². The van der Waals surface area contributed by atoms with E-state index in [0.717, 1.165) is 43.7 Å². The molecule has 36 heavy (non-hydrogen) atoms. The molecule has 0 radical (unpaired) electrons. The Morgan fingerprint density at radius 3 is 2.61 bits per heavy atom. The third-order valence-corrected chi connectivity index (χ3v) is 6.80. The van der Waals surface area contributed by atoms with Crippen LogP contribution in [-0.4, -0.2) is 42.8 Å². The molecule has 1 aliphatic carbocycles. The molecule has 186 valence electrons. The number of fused-ring (bicyclic) bond motifs is 1. The topological polar surface area (TPSA) is 112 Å². The lowest BCUT2D eigenvalue weighted by Gasteiger charge is -2.15. The number of nitrogens with zero attached hydrogens (tertiary/aromatic N) is 5. The number of aromatic nitrogens is 6. The quantitative estimate of drug-likeness (QED) is 0.249. The Kier molecular flexibility index (Phi) is 7.56. The predicted molar refractivity (Wildman–Crippen MR) is 140 cm³/mol. The minimum Gasteiger partial charge on any atom is -0.472 e. The van der Waals surface area contributed by atoms with E-state index in [2.05, 4.69) is 41.5 Å². The zero-order chi connectivity index (χ0) is 24.5. The Bertz CT molecular complexity index is 1480. The first kappa shape index (κ1) is 25.6. The van der Waals surface area contributed by atoms with Crippen LogP contribution in [0.3, 0.4) is 0 Å². The summed E-state index contributed by atoms with van der Waals surface area (Å²) in [6.45, 7) is 6.37. The van der Waals surface area contributed by atoms with Gasteiger partial charge in [0, 0.05) is 27.6 Å². The lowest BCUT2D eigenvalue weighted by molar-refractivity contribution is 0.0513. The van der Waals surface area contributed by atoms with Crippen molar-refractivity contribution in [3.8, 4) is 33.6 Å². The number of carbonyl (C=O) groups is 1. The molecule has 0 amide bonds. The van der Waals surface area contributed by atoms with Gasteiger partial charge in [0.2, 0.25) is 5.82 Å². The lowest BCUT2D eigenvalue weighted by atomic mass is 9.97. The lowest BCUT2D eigenvalue weighted by Crippen LogP contribution is -2.16. The molecule has 0 saturated heterocycles. The van der Waals surface area contributed by atoms with Crippen molar-refractivity contribution in [3.05, 3.63) is 70.1 Å². The molecule has 2 aromatic heterocycles. The van der Waals surface area contributed by atoms with Crippen LogP contribution < -0.4 is 0 Å². The Labute approximate surface area is 222 Å². The molecule has 1 aliphatic heterocycles. The number of hydrogen-bond donors (Lipinski definition) is 1. The molecule has 5 rings (SSSR count). The predicted octanol–water partition coefficient (Wildman–Crippen LogP) is 5.71. The van der Waals surface area contributed by atoms with Crippen molar-refractivity contribution < 1.29 is 13.9 Å². The van der Waals surface area contributed by atoms with Crippen LogP contribution in [0.1, 0.15) is 41.4 Å². The number of nitrogens with one attached hydrogen (secondary N) is 1. The Morgan fingerprint density at radius 1 is 1.14 bits per heavy atom. The molecule has 11 heteroatoms. The largest absolute Gasteiger partial charge is 0.472 e. The van der Waals surface area contributed by atoms with E-state index in [4.69, 9.17) is 9.15 Å². The van der Waals surface area contributed by atoms with Crippen molar-refractivity contribution in [3.63, 3.8) is 0 Å². The zero-order valence-corrected chi connectivity index (χ0v) is 22.3. The number of imidazole rings is 1. The maximum atomic E-state index is 12.9. The van der Waals surface area contributed by atoms with Gasteiger partial charge >= 0.3 is 5.97 Å². The van der Waals surface area contributed by atoms with E-state index >= 15 is 0 Å².